The van der Waals surface area contributed by atoms with Gasteiger partial charge in [0.1, 0.15) is 0 Å². The Bertz CT molecular complexity index is 638. The number of benzene rings is 2. The lowest BCUT2D eigenvalue weighted by Crippen LogP contribution is -2.30. The van der Waals surface area contributed by atoms with Gasteiger partial charge in [0.15, 0.2) is 11.5 Å². The Hall–Kier alpha value is -2.20. The van der Waals surface area contributed by atoms with Crippen molar-refractivity contribution < 1.29 is 9.47 Å². The maximum absolute atomic E-state index is 5.78. The summed E-state index contributed by atoms with van der Waals surface area (Å²) in [4.78, 5) is 0. The van der Waals surface area contributed by atoms with Crippen molar-refractivity contribution >= 4 is 5.69 Å². The smallest absolute Gasteiger partial charge is 0.161 e. The molecule has 0 spiro atoms. The van der Waals surface area contributed by atoms with Crippen LogP contribution in [-0.2, 0) is 6.42 Å². The van der Waals surface area contributed by atoms with Crippen LogP contribution in [0.5, 0.6) is 11.5 Å². The first-order valence-corrected chi connectivity index (χ1v) is 7.06. The molecule has 0 aromatic heterocycles. The van der Waals surface area contributed by atoms with Crippen LogP contribution in [-0.4, -0.2) is 20.8 Å². The van der Waals surface area contributed by atoms with Crippen molar-refractivity contribution in [3.8, 4) is 11.5 Å². The summed E-state index contributed by atoms with van der Waals surface area (Å²) in [5.41, 5.74) is 10.3. The number of nitrogens with one attached hydrogen (secondary N) is 1. The number of hydrogen-bond donors (Lipinski definition) is 2. The summed E-state index contributed by atoms with van der Waals surface area (Å²) in [6.45, 7) is 0.942. The molecule has 3 rings (SSSR count). The second-order valence-corrected chi connectivity index (χ2v) is 5.21. The second-order valence-electron chi connectivity index (χ2n) is 5.21. The Morgan fingerprint density at radius 1 is 1.05 bits per heavy atom. The molecule has 2 aromatic carbocycles. The van der Waals surface area contributed by atoms with Gasteiger partial charge < -0.3 is 20.5 Å². The Balaban J connectivity index is 2.06. The van der Waals surface area contributed by atoms with Gasteiger partial charge in [0, 0.05) is 12.2 Å². The lowest BCUT2D eigenvalue weighted by Gasteiger charge is -2.28. The van der Waals surface area contributed by atoms with Gasteiger partial charge in [-0.25, -0.2) is 0 Å². The van der Waals surface area contributed by atoms with Gasteiger partial charge >= 0.3 is 0 Å². The van der Waals surface area contributed by atoms with Crippen molar-refractivity contribution in [3.05, 3.63) is 53.1 Å². The summed E-state index contributed by atoms with van der Waals surface area (Å²) in [5.74, 6) is 1.55. The quantitative estimate of drug-likeness (QED) is 0.850. The van der Waals surface area contributed by atoms with E-state index in [9.17, 15) is 0 Å². The number of ether oxygens (including phenoxy) is 2. The van der Waals surface area contributed by atoms with Gasteiger partial charge in [0.2, 0.25) is 0 Å². The van der Waals surface area contributed by atoms with Gasteiger partial charge in [-0.05, 0) is 47.4 Å². The summed E-state index contributed by atoms with van der Waals surface area (Å²) in [5, 5.41) is 3.56. The third-order valence-corrected chi connectivity index (χ3v) is 3.97. The zero-order valence-electron chi connectivity index (χ0n) is 12.3. The molecule has 110 valence electrons. The molecule has 4 nitrogen and oxygen atoms in total. The fraction of sp³-hybridized carbons (Fsp3) is 0.294. The second kappa shape index (κ2) is 5.66. The molecule has 0 radical (unpaired) electrons. The Kier molecular flexibility index (Phi) is 3.71. The van der Waals surface area contributed by atoms with Gasteiger partial charge in [-0.1, -0.05) is 12.1 Å². The average molecular weight is 284 g/mol. The van der Waals surface area contributed by atoms with E-state index in [4.69, 9.17) is 15.2 Å². The fourth-order valence-corrected chi connectivity index (χ4v) is 2.87. The highest BCUT2D eigenvalue weighted by Gasteiger charge is 2.23. The Labute approximate surface area is 124 Å². The zero-order valence-corrected chi connectivity index (χ0v) is 12.3. The summed E-state index contributed by atoms with van der Waals surface area (Å²) in [7, 11) is 3.33. The van der Waals surface area contributed by atoms with Crippen LogP contribution in [0.2, 0.25) is 0 Å². The van der Waals surface area contributed by atoms with Crippen LogP contribution in [0.3, 0.4) is 0 Å². The molecule has 1 aliphatic heterocycles. The molecule has 1 atom stereocenters. The van der Waals surface area contributed by atoms with E-state index >= 15 is 0 Å². The van der Waals surface area contributed by atoms with Crippen LogP contribution in [0.4, 0.5) is 5.69 Å². The summed E-state index contributed by atoms with van der Waals surface area (Å²) < 4.78 is 10.8. The molecule has 0 saturated carbocycles. The van der Waals surface area contributed by atoms with Gasteiger partial charge in [-0.3, -0.25) is 0 Å². The van der Waals surface area contributed by atoms with Crippen molar-refractivity contribution in [2.75, 3.05) is 26.5 Å². The number of anilines is 1. The summed E-state index contributed by atoms with van der Waals surface area (Å²) >= 11 is 0. The average Bonchev–Trinajstić information content (AvgIpc) is 2.53. The van der Waals surface area contributed by atoms with Crippen LogP contribution in [0.25, 0.3) is 0 Å². The molecule has 4 heteroatoms. The van der Waals surface area contributed by atoms with Crippen LogP contribution in [0, 0.1) is 0 Å². The molecule has 1 heterocycles. The molecule has 21 heavy (non-hydrogen) atoms. The molecular formula is C17H20N2O2. The van der Waals surface area contributed by atoms with Crippen molar-refractivity contribution in [3.63, 3.8) is 0 Å². The standard InChI is InChI=1S/C17H20N2O2/c1-20-15-9-12-7-8-19-17(14(12)10-16(15)21-2)11-3-5-13(18)6-4-11/h3-6,9-10,17,19H,7-8,18H2,1-2H3/t17-/m0/s1. The number of nitrogens with two attached hydrogens (primary N) is 1. The van der Waals surface area contributed by atoms with Gasteiger partial charge in [-0.15, -0.1) is 0 Å². The summed E-state index contributed by atoms with van der Waals surface area (Å²) in [6, 6.07) is 12.3. The van der Waals surface area contributed by atoms with E-state index in [1.165, 1.54) is 16.7 Å². The third kappa shape index (κ3) is 2.54. The number of fused-ring (bicyclic) bond motifs is 1. The molecule has 0 fully saturated rings. The molecule has 1 aliphatic rings. The van der Waals surface area contributed by atoms with E-state index < -0.39 is 0 Å². The highest BCUT2D eigenvalue weighted by Crippen LogP contribution is 2.37. The van der Waals surface area contributed by atoms with Crippen molar-refractivity contribution in [2.45, 2.75) is 12.5 Å². The minimum atomic E-state index is 0.161. The molecule has 0 saturated heterocycles. The fourth-order valence-electron chi connectivity index (χ4n) is 2.87. The van der Waals surface area contributed by atoms with Crippen LogP contribution >= 0.6 is 0 Å². The number of rotatable bonds is 3. The lowest BCUT2D eigenvalue weighted by molar-refractivity contribution is 0.353. The van der Waals surface area contributed by atoms with Crippen molar-refractivity contribution in [1.82, 2.24) is 5.32 Å². The largest absolute Gasteiger partial charge is 0.493 e. The van der Waals surface area contributed by atoms with E-state index in [1.54, 1.807) is 14.2 Å². The van der Waals surface area contributed by atoms with E-state index in [-0.39, 0.29) is 6.04 Å². The predicted octanol–water partition coefficient (Wildman–Crippen LogP) is 2.52. The molecule has 0 unspecified atom stereocenters. The van der Waals surface area contributed by atoms with Crippen LogP contribution < -0.4 is 20.5 Å². The van der Waals surface area contributed by atoms with E-state index in [0.717, 1.165) is 30.2 Å². The lowest BCUT2D eigenvalue weighted by atomic mass is 9.89. The first-order valence-electron chi connectivity index (χ1n) is 7.06. The molecule has 0 amide bonds. The molecule has 2 aromatic rings. The van der Waals surface area contributed by atoms with Crippen LogP contribution in [0.1, 0.15) is 22.7 Å². The molecular weight excluding hydrogens is 264 g/mol. The third-order valence-electron chi connectivity index (χ3n) is 3.97. The number of hydrogen-bond acceptors (Lipinski definition) is 4. The maximum atomic E-state index is 5.78. The molecule has 0 bridgehead atoms. The Morgan fingerprint density at radius 3 is 2.38 bits per heavy atom. The van der Waals surface area contributed by atoms with Gasteiger partial charge in [0.25, 0.3) is 0 Å². The van der Waals surface area contributed by atoms with Gasteiger partial charge in [0.05, 0.1) is 20.3 Å². The van der Waals surface area contributed by atoms with Crippen LogP contribution in [0.15, 0.2) is 36.4 Å². The Morgan fingerprint density at radius 2 is 1.71 bits per heavy atom. The molecule has 0 aliphatic carbocycles. The minimum Gasteiger partial charge on any atom is -0.493 e. The minimum absolute atomic E-state index is 0.161. The van der Waals surface area contributed by atoms with E-state index in [1.807, 2.05) is 12.1 Å². The summed E-state index contributed by atoms with van der Waals surface area (Å²) in [6.07, 6.45) is 0.987. The highest BCUT2D eigenvalue weighted by molar-refractivity contribution is 5.52. The topological polar surface area (TPSA) is 56.5 Å². The van der Waals surface area contributed by atoms with Crippen molar-refractivity contribution in [2.24, 2.45) is 0 Å². The zero-order chi connectivity index (χ0) is 14.8. The SMILES string of the molecule is COc1cc2c(cc1OC)[C@H](c1ccc(N)cc1)NCC2. The van der Waals surface area contributed by atoms with E-state index in [0.29, 0.717) is 0 Å². The monoisotopic (exact) mass is 284 g/mol. The normalized spacial score (nSPS) is 17.1. The number of methoxy groups -OCH3 is 2. The number of nitrogen functional groups attached to an aromatic ring is 1. The first-order chi connectivity index (χ1) is 10.2. The highest BCUT2D eigenvalue weighted by atomic mass is 16.5. The van der Waals surface area contributed by atoms with E-state index in [2.05, 4.69) is 29.6 Å². The maximum Gasteiger partial charge on any atom is 0.161 e. The predicted molar refractivity (Wildman–Crippen MR) is 84.0 cm³/mol. The molecule has 3 N–H and O–H groups in total. The first kappa shape index (κ1) is 13.8. The van der Waals surface area contributed by atoms with Crippen molar-refractivity contribution in [1.29, 1.82) is 0 Å². The van der Waals surface area contributed by atoms with Gasteiger partial charge in [-0.2, -0.15) is 0 Å².